The number of nitrogens with zero attached hydrogens (tertiary/aromatic N) is 1. The molecule has 0 saturated carbocycles. The van der Waals surface area contributed by atoms with Gasteiger partial charge in [0.15, 0.2) is 0 Å². The molecule has 1 aromatic carbocycles. The SMILES string of the molecule is CC(C)C(C#N)(CCC=O)c1ccc(Cl)c(Cl)c1. The summed E-state index contributed by atoms with van der Waals surface area (Å²) in [6.45, 7) is 3.94. The number of rotatable bonds is 5. The van der Waals surface area contributed by atoms with E-state index < -0.39 is 5.41 Å². The predicted octanol–water partition coefficient (Wildman–Crippen LogP) is 4.39. The molecular weight excluding hydrogens is 269 g/mol. The van der Waals surface area contributed by atoms with Crippen LogP contribution < -0.4 is 0 Å². The first kappa shape index (κ1) is 15.0. The molecule has 0 aliphatic heterocycles. The van der Waals surface area contributed by atoms with Gasteiger partial charge >= 0.3 is 0 Å². The normalized spacial score (nSPS) is 14.0. The molecule has 1 aromatic rings. The van der Waals surface area contributed by atoms with Crippen molar-refractivity contribution in [2.45, 2.75) is 32.1 Å². The van der Waals surface area contributed by atoms with Gasteiger partial charge in [-0.1, -0.05) is 43.1 Å². The minimum absolute atomic E-state index is 0.0830. The molecule has 0 saturated heterocycles. The van der Waals surface area contributed by atoms with Crippen molar-refractivity contribution >= 4 is 29.5 Å². The zero-order valence-electron chi connectivity index (χ0n) is 10.4. The number of benzene rings is 1. The van der Waals surface area contributed by atoms with Crippen LogP contribution in [-0.4, -0.2) is 6.29 Å². The molecule has 0 N–H and O–H groups in total. The second-order valence-electron chi connectivity index (χ2n) is 4.57. The molecule has 18 heavy (non-hydrogen) atoms. The fourth-order valence-electron chi connectivity index (χ4n) is 2.08. The van der Waals surface area contributed by atoms with E-state index >= 15 is 0 Å². The van der Waals surface area contributed by atoms with Crippen molar-refractivity contribution in [3.05, 3.63) is 33.8 Å². The molecule has 0 bridgehead atoms. The van der Waals surface area contributed by atoms with Gasteiger partial charge in [-0.05, 0) is 30.0 Å². The third-order valence-corrected chi connectivity index (χ3v) is 4.02. The molecule has 0 heterocycles. The quantitative estimate of drug-likeness (QED) is 0.752. The number of aldehydes is 1. The summed E-state index contributed by atoms with van der Waals surface area (Å²) >= 11 is 11.9. The molecular formula is C14H15Cl2NO. The number of nitriles is 1. The molecule has 1 atom stereocenters. The fourth-order valence-corrected chi connectivity index (χ4v) is 2.37. The lowest BCUT2D eigenvalue weighted by Gasteiger charge is -2.31. The van der Waals surface area contributed by atoms with E-state index in [1.165, 1.54) is 0 Å². The van der Waals surface area contributed by atoms with Gasteiger partial charge in [0.2, 0.25) is 0 Å². The third kappa shape index (κ3) is 2.85. The zero-order chi connectivity index (χ0) is 13.8. The maximum Gasteiger partial charge on any atom is 0.120 e. The summed E-state index contributed by atoms with van der Waals surface area (Å²) in [7, 11) is 0. The molecule has 1 rings (SSSR count). The van der Waals surface area contributed by atoms with Gasteiger partial charge < -0.3 is 4.79 Å². The van der Waals surface area contributed by atoms with Crippen molar-refractivity contribution in [2.75, 3.05) is 0 Å². The van der Waals surface area contributed by atoms with Crippen LogP contribution in [0.15, 0.2) is 18.2 Å². The highest BCUT2D eigenvalue weighted by Gasteiger charge is 2.35. The van der Waals surface area contributed by atoms with Gasteiger partial charge in [-0.25, -0.2) is 0 Å². The lowest BCUT2D eigenvalue weighted by atomic mass is 9.70. The van der Waals surface area contributed by atoms with E-state index in [0.717, 1.165) is 11.8 Å². The fraction of sp³-hybridized carbons (Fsp3) is 0.429. The topological polar surface area (TPSA) is 40.9 Å². The lowest BCUT2D eigenvalue weighted by Crippen LogP contribution is -2.30. The van der Waals surface area contributed by atoms with Gasteiger partial charge in [0.05, 0.1) is 21.5 Å². The molecule has 0 radical (unpaired) electrons. The first-order chi connectivity index (χ1) is 8.47. The Morgan fingerprint density at radius 3 is 2.50 bits per heavy atom. The van der Waals surface area contributed by atoms with Crippen LogP contribution in [0.1, 0.15) is 32.3 Å². The highest BCUT2D eigenvalue weighted by atomic mass is 35.5. The largest absolute Gasteiger partial charge is 0.303 e. The Labute approximate surface area is 118 Å². The van der Waals surface area contributed by atoms with Crippen LogP contribution in [0.25, 0.3) is 0 Å². The molecule has 0 aliphatic rings. The smallest absolute Gasteiger partial charge is 0.120 e. The minimum Gasteiger partial charge on any atom is -0.303 e. The first-order valence-corrected chi connectivity index (χ1v) is 6.54. The van der Waals surface area contributed by atoms with E-state index in [1.807, 2.05) is 19.9 Å². The Morgan fingerprint density at radius 2 is 2.06 bits per heavy atom. The number of hydrogen-bond donors (Lipinski definition) is 0. The molecule has 0 aliphatic carbocycles. The molecule has 2 nitrogen and oxygen atoms in total. The van der Waals surface area contributed by atoms with Crippen LogP contribution in [0.5, 0.6) is 0 Å². The Hall–Kier alpha value is -1.04. The summed E-state index contributed by atoms with van der Waals surface area (Å²) in [6, 6.07) is 7.57. The van der Waals surface area contributed by atoms with Gasteiger partial charge in [-0.2, -0.15) is 5.26 Å². The molecule has 0 spiro atoms. The van der Waals surface area contributed by atoms with Crippen LogP contribution >= 0.6 is 23.2 Å². The zero-order valence-corrected chi connectivity index (χ0v) is 11.9. The summed E-state index contributed by atoms with van der Waals surface area (Å²) in [5.41, 5.74) is 0.117. The second kappa shape index (κ2) is 6.22. The van der Waals surface area contributed by atoms with Crippen LogP contribution in [0.3, 0.4) is 0 Å². The van der Waals surface area contributed by atoms with Crippen LogP contribution in [0, 0.1) is 17.2 Å². The maximum absolute atomic E-state index is 10.6. The Kier molecular flexibility index (Phi) is 5.19. The van der Waals surface area contributed by atoms with E-state index in [9.17, 15) is 10.1 Å². The highest BCUT2D eigenvalue weighted by Crippen LogP contribution is 2.38. The molecule has 0 aromatic heterocycles. The van der Waals surface area contributed by atoms with Crippen molar-refractivity contribution in [1.82, 2.24) is 0 Å². The van der Waals surface area contributed by atoms with Crippen molar-refractivity contribution < 1.29 is 4.79 Å². The summed E-state index contributed by atoms with van der Waals surface area (Å²) in [5.74, 6) is 0.0830. The van der Waals surface area contributed by atoms with E-state index in [4.69, 9.17) is 23.2 Å². The van der Waals surface area contributed by atoms with Crippen LogP contribution in [0.4, 0.5) is 0 Å². The Bertz CT molecular complexity index is 479. The molecule has 0 fully saturated rings. The van der Waals surface area contributed by atoms with Crippen molar-refractivity contribution in [2.24, 2.45) is 5.92 Å². The average Bonchev–Trinajstić information content (AvgIpc) is 2.34. The Balaban J connectivity index is 3.28. The molecule has 0 amide bonds. The van der Waals surface area contributed by atoms with Crippen molar-refractivity contribution in [3.63, 3.8) is 0 Å². The van der Waals surface area contributed by atoms with E-state index in [-0.39, 0.29) is 5.92 Å². The van der Waals surface area contributed by atoms with E-state index in [2.05, 4.69) is 6.07 Å². The van der Waals surface area contributed by atoms with Crippen LogP contribution in [0.2, 0.25) is 10.0 Å². The van der Waals surface area contributed by atoms with Gasteiger partial charge in [0.1, 0.15) is 6.29 Å². The highest BCUT2D eigenvalue weighted by molar-refractivity contribution is 6.42. The standard InChI is InChI=1S/C14H15Cl2NO/c1-10(2)14(9-17,6-3-7-18)11-4-5-12(15)13(16)8-11/h4-5,7-8,10H,3,6H2,1-2H3. The van der Waals surface area contributed by atoms with Gasteiger partial charge in [0.25, 0.3) is 0 Å². The minimum atomic E-state index is -0.699. The summed E-state index contributed by atoms with van der Waals surface area (Å²) < 4.78 is 0. The monoisotopic (exact) mass is 283 g/mol. The number of carbonyl (C=O) groups is 1. The van der Waals surface area contributed by atoms with Crippen molar-refractivity contribution in [3.8, 4) is 6.07 Å². The van der Waals surface area contributed by atoms with E-state index in [0.29, 0.717) is 22.9 Å². The van der Waals surface area contributed by atoms with Gasteiger partial charge in [-0.3, -0.25) is 0 Å². The first-order valence-electron chi connectivity index (χ1n) is 5.78. The maximum atomic E-state index is 10.6. The van der Waals surface area contributed by atoms with Gasteiger partial charge in [-0.15, -0.1) is 0 Å². The lowest BCUT2D eigenvalue weighted by molar-refractivity contribution is -0.108. The number of halogens is 2. The number of hydrogen-bond acceptors (Lipinski definition) is 2. The Morgan fingerprint density at radius 1 is 1.39 bits per heavy atom. The third-order valence-electron chi connectivity index (χ3n) is 3.28. The predicted molar refractivity (Wildman–Crippen MR) is 73.9 cm³/mol. The van der Waals surface area contributed by atoms with Crippen LogP contribution in [-0.2, 0) is 10.2 Å². The molecule has 1 unspecified atom stereocenters. The molecule has 4 heteroatoms. The van der Waals surface area contributed by atoms with Gasteiger partial charge in [0, 0.05) is 6.42 Å². The van der Waals surface area contributed by atoms with E-state index in [1.54, 1.807) is 12.1 Å². The summed E-state index contributed by atoms with van der Waals surface area (Å²) in [4.78, 5) is 10.6. The summed E-state index contributed by atoms with van der Waals surface area (Å²) in [5, 5.41) is 10.4. The number of carbonyl (C=O) groups excluding carboxylic acids is 1. The second-order valence-corrected chi connectivity index (χ2v) is 5.39. The molecule has 96 valence electrons. The average molecular weight is 284 g/mol. The van der Waals surface area contributed by atoms with Crippen molar-refractivity contribution in [1.29, 1.82) is 5.26 Å². The summed E-state index contributed by atoms with van der Waals surface area (Å²) in [6.07, 6.45) is 1.68.